The molecule has 1 amide bonds. The summed E-state index contributed by atoms with van der Waals surface area (Å²) in [5.41, 5.74) is 5.63. The number of nitrogens with zero attached hydrogens (tertiary/aromatic N) is 1. The van der Waals surface area contributed by atoms with Crippen molar-refractivity contribution in [1.29, 1.82) is 0 Å². The molecule has 1 aromatic carbocycles. The minimum atomic E-state index is -0.872. The molecule has 19 heavy (non-hydrogen) atoms. The molecule has 1 aliphatic rings. The number of nitrogens with one attached hydrogen (secondary N) is 1. The molecule has 0 atom stereocenters. The number of amidine groups is 1. The molecule has 0 heterocycles. The van der Waals surface area contributed by atoms with E-state index in [0.717, 1.165) is 24.9 Å². The first-order valence-electron chi connectivity index (χ1n) is 6.53. The summed E-state index contributed by atoms with van der Waals surface area (Å²) in [4.78, 5) is 12.5. The molecule has 0 radical (unpaired) electrons. The van der Waals surface area contributed by atoms with Crippen LogP contribution in [-0.4, -0.2) is 17.0 Å². The van der Waals surface area contributed by atoms with E-state index >= 15 is 0 Å². The quantitative estimate of drug-likeness (QED) is 0.338. The van der Waals surface area contributed by atoms with Crippen LogP contribution < -0.4 is 11.1 Å². The summed E-state index contributed by atoms with van der Waals surface area (Å²) in [6, 6.07) is 9.23. The number of para-hydroxylation sites is 1. The second kappa shape index (κ2) is 5.73. The Morgan fingerprint density at radius 2 is 1.84 bits per heavy atom. The van der Waals surface area contributed by atoms with Gasteiger partial charge in [0.05, 0.1) is 0 Å². The van der Waals surface area contributed by atoms with Gasteiger partial charge in [0.25, 0.3) is 0 Å². The van der Waals surface area contributed by atoms with Gasteiger partial charge in [-0.15, -0.1) is 0 Å². The Labute approximate surface area is 112 Å². The molecular formula is C14H19N3O2. The lowest BCUT2D eigenvalue weighted by Crippen LogP contribution is -2.48. The van der Waals surface area contributed by atoms with Crippen molar-refractivity contribution in [2.75, 3.05) is 5.32 Å². The van der Waals surface area contributed by atoms with Gasteiger partial charge in [-0.1, -0.05) is 42.6 Å². The predicted octanol–water partition coefficient (Wildman–Crippen LogP) is 2.32. The molecule has 4 N–H and O–H groups in total. The van der Waals surface area contributed by atoms with Gasteiger partial charge < -0.3 is 16.3 Å². The van der Waals surface area contributed by atoms with Gasteiger partial charge in [0.1, 0.15) is 5.41 Å². The number of anilines is 1. The van der Waals surface area contributed by atoms with E-state index in [1.54, 1.807) is 0 Å². The third-order valence-corrected chi connectivity index (χ3v) is 3.77. The third-order valence-electron chi connectivity index (χ3n) is 3.77. The molecule has 0 unspecified atom stereocenters. The van der Waals surface area contributed by atoms with Crippen molar-refractivity contribution in [2.24, 2.45) is 16.3 Å². The number of carbonyl (C=O) groups is 1. The zero-order chi connectivity index (χ0) is 13.7. The molecule has 1 saturated carbocycles. The highest BCUT2D eigenvalue weighted by molar-refractivity contribution is 6.11. The maximum atomic E-state index is 12.5. The molecule has 1 aromatic rings. The number of nitrogens with two attached hydrogens (primary N) is 1. The lowest BCUT2D eigenvalue weighted by molar-refractivity contribution is -0.123. The fraction of sp³-hybridized carbons (Fsp3) is 0.429. The van der Waals surface area contributed by atoms with Crippen molar-refractivity contribution in [3.63, 3.8) is 0 Å². The van der Waals surface area contributed by atoms with Crippen LogP contribution in [0.1, 0.15) is 32.1 Å². The lowest BCUT2D eigenvalue weighted by atomic mass is 9.72. The van der Waals surface area contributed by atoms with Crippen LogP contribution in [0.5, 0.6) is 0 Å². The Bertz CT molecular complexity index is 465. The Morgan fingerprint density at radius 3 is 2.42 bits per heavy atom. The average Bonchev–Trinajstić information content (AvgIpc) is 2.48. The van der Waals surface area contributed by atoms with Crippen LogP contribution in [0.15, 0.2) is 35.5 Å². The van der Waals surface area contributed by atoms with Crippen LogP contribution in [0.4, 0.5) is 5.69 Å². The molecule has 102 valence electrons. The smallest absolute Gasteiger partial charge is 0.238 e. The van der Waals surface area contributed by atoms with E-state index in [9.17, 15) is 4.79 Å². The van der Waals surface area contributed by atoms with Gasteiger partial charge >= 0.3 is 0 Å². The topological polar surface area (TPSA) is 87.7 Å². The SMILES string of the molecule is NC(=NO)C1(C(=O)Nc2ccccc2)CCCCC1. The minimum absolute atomic E-state index is 0.0145. The van der Waals surface area contributed by atoms with Gasteiger partial charge in [-0.05, 0) is 25.0 Å². The van der Waals surface area contributed by atoms with Crippen molar-refractivity contribution in [1.82, 2.24) is 0 Å². The summed E-state index contributed by atoms with van der Waals surface area (Å²) >= 11 is 0. The predicted molar refractivity (Wildman–Crippen MR) is 74.0 cm³/mol. The van der Waals surface area contributed by atoms with Crippen LogP contribution in [-0.2, 0) is 4.79 Å². The van der Waals surface area contributed by atoms with Gasteiger partial charge in [-0.3, -0.25) is 4.79 Å². The summed E-state index contributed by atoms with van der Waals surface area (Å²) in [5.74, 6) is -0.172. The van der Waals surface area contributed by atoms with Crippen molar-refractivity contribution < 1.29 is 10.0 Å². The normalized spacial score (nSPS) is 18.8. The van der Waals surface area contributed by atoms with Crippen LogP contribution in [0, 0.1) is 5.41 Å². The zero-order valence-electron chi connectivity index (χ0n) is 10.8. The number of rotatable bonds is 3. The summed E-state index contributed by atoms with van der Waals surface area (Å²) in [6.45, 7) is 0. The second-order valence-corrected chi connectivity index (χ2v) is 4.95. The molecule has 0 saturated heterocycles. The van der Waals surface area contributed by atoms with Gasteiger partial charge in [-0.2, -0.15) is 0 Å². The van der Waals surface area contributed by atoms with Gasteiger partial charge in [0.2, 0.25) is 5.91 Å². The third kappa shape index (κ3) is 2.70. The second-order valence-electron chi connectivity index (χ2n) is 4.95. The maximum absolute atomic E-state index is 12.5. The summed E-state index contributed by atoms with van der Waals surface area (Å²) in [6.07, 6.45) is 4.17. The van der Waals surface area contributed by atoms with E-state index in [0.29, 0.717) is 12.8 Å². The molecule has 2 rings (SSSR count). The summed E-state index contributed by atoms with van der Waals surface area (Å²) in [7, 11) is 0. The molecule has 0 spiro atoms. The van der Waals surface area contributed by atoms with Crippen molar-refractivity contribution in [3.8, 4) is 0 Å². The molecule has 1 fully saturated rings. The zero-order valence-corrected chi connectivity index (χ0v) is 10.8. The molecule has 0 aromatic heterocycles. The van der Waals surface area contributed by atoms with E-state index in [2.05, 4.69) is 10.5 Å². The fourth-order valence-corrected chi connectivity index (χ4v) is 2.62. The number of hydrogen-bond acceptors (Lipinski definition) is 3. The van der Waals surface area contributed by atoms with Crippen molar-refractivity contribution in [2.45, 2.75) is 32.1 Å². The summed E-state index contributed by atoms with van der Waals surface area (Å²) < 4.78 is 0. The van der Waals surface area contributed by atoms with E-state index < -0.39 is 5.41 Å². The lowest BCUT2D eigenvalue weighted by Gasteiger charge is -2.34. The number of carbonyl (C=O) groups excluding carboxylic acids is 1. The molecular weight excluding hydrogens is 242 g/mol. The standard InChI is InChI=1S/C14H19N3O2/c15-12(17-19)14(9-5-2-6-10-14)13(18)16-11-7-3-1-4-8-11/h1,3-4,7-8,19H,2,5-6,9-10H2,(H2,15,17)(H,16,18). The minimum Gasteiger partial charge on any atom is -0.409 e. The molecule has 5 nitrogen and oxygen atoms in total. The number of benzene rings is 1. The van der Waals surface area contributed by atoms with E-state index in [4.69, 9.17) is 10.9 Å². The van der Waals surface area contributed by atoms with Crippen LogP contribution in [0.2, 0.25) is 0 Å². The Kier molecular flexibility index (Phi) is 4.04. The molecule has 0 aliphatic heterocycles. The van der Waals surface area contributed by atoms with Gasteiger partial charge in [-0.25, -0.2) is 0 Å². The van der Waals surface area contributed by atoms with E-state index in [-0.39, 0.29) is 11.7 Å². The number of amides is 1. The monoisotopic (exact) mass is 261 g/mol. The average molecular weight is 261 g/mol. The van der Waals surface area contributed by atoms with Crippen LogP contribution in [0.25, 0.3) is 0 Å². The van der Waals surface area contributed by atoms with E-state index in [1.165, 1.54) is 0 Å². The number of oxime groups is 1. The molecule has 5 heteroatoms. The van der Waals surface area contributed by atoms with Crippen molar-refractivity contribution in [3.05, 3.63) is 30.3 Å². The van der Waals surface area contributed by atoms with Crippen molar-refractivity contribution >= 4 is 17.4 Å². The fourth-order valence-electron chi connectivity index (χ4n) is 2.62. The first kappa shape index (κ1) is 13.4. The molecule has 0 bridgehead atoms. The number of hydrogen-bond donors (Lipinski definition) is 3. The summed E-state index contributed by atoms with van der Waals surface area (Å²) in [5, 5.41) is 14.9. The highest BCUT2D eigenvalue weighted by atomic mass is 16.4. The first-order valence-corrected chi connectivity index (χ1v) is 6.53. The molecule has 1 aliphatic carbocycles. The highest BCUT2D eigenvalue weighted by Crippen LogP contribution is 2.37. The highest BCUT2D eigenvalue weighted by Gasteiger charge is 2.43. The van der Waals surface area contributed by atoms with Gasteiger partial charge in [0.15, 0.2) is 5.84 Å². The largest absolute Gasteiger partial charge is 0.409 e. The van der Waals surface area contributed by atoms with E-state index in [1.807, 2.05) is 30.3 Å². The van der Waals surface area contributed by atoms with Crippen LogP contribution >= 0.6 is 0 Å². The Balaban J connectivity index is 2.21. The maximum Gasteiger partial charge on any atom is 0.238 e. The van der Waals surface area contributed by atoms with Gasteiger partial charge in [0, 0.05) is 5.69 Å². The van der Waals surface area contributed by atoms with Crippen LogP contribution in [0.3, 0.4) is 0 Å². The Hall–Kier alpha value is -2.04. The first-order chi connectivity index (χ1) is 9.19. The Morgan fingerprint density at radius 1 is 1.21 bits per heavy atom.